The zero-order chi connectivity index (χ0) is 21.7. The number of benzene rings is 2. The highest BCUT2D eigenvalue weighted by atomic mass is 16.5. The minimum absolute atomic E-state index is 0.148. The summed E-state index contributed by atoms with van der Waals surface area (Å²) < 4.78 is 5.31. The number of esters is 1. The molecule has 2 bridgehead atoms. The molecule has 0 spiro atoms. The highest BCUT2D eigenvalue weighted by Crippen LogP contribution is 2.53. The molecule has 1 aliphatic heterocycles. The number of hydrogen-bond donors (Lipinski definition) is 0. The molecular weight excluding hydrogens is 394 g/mol. The molecule has 1 saturated heterocycles. The van der Waals surface area contributed by atoms with Gasteiger partial charge in [-0.15, -0.1) is 0 Å². The Morgan fingerprint density at radius 2 is 1.45 bits per heavy atom. The second-order valence-electron chi connectivity index (χ2n) is 8.34. The van der Waals surface area contributed by atoms with Crippen LogP contribution in [0.5, 0.6) is 0 Å². The molecule has 0 unspecified atom stereocenters. The SMILES string of the molecule is C[C@H](OC(=O)c1ccc(N2C(=O)[C@@H]3[C@@H](C2=O)[C@H]2C=C[C@H]3C2)cc1)C(=O)c1ccccc1. The number of anilines is 1. The third-order valence-electron chi connectivity index (χ3n) is 6.54. The van der Waals surface area contributed by atoms with E-state index < -0.39 is 12.1 Å². The summed E-state index contributed by atoms with van der Waals surface area (Å²) >= 11 is 0. The van der Waals surface area contributed by atoms with Crippen molar-refractivity contribution in [1.82, 2.24) is 0 Å². The van der Waals surface area contributed by atoms with Crippen molar-refractivity contribution in [2.45, 2.75) is 19.4 Å². The molecule has 1 saturated carbocycles. The summed E-state index contributed by atoms with van der Waals surface area (Å²) in [4.78, 5) is 51.9. The predicted octanol–water partition coefficient (Wildman–Crippen LogP) is 3.43. The van der Waals surface area contributed by atoms with Crippen molar-refractivity contribution in [3.05, 3.63) is 77.9 Å². The lowest BCUT2D eigenvalue weighted by atomic mass is 9.85. The quantitative estimate of drug-likeness (QED) is 0.324. The van der Waals surface area contributed by atoms with Crippen LogP contribution in [-0.2, 0) is 14.3 Å². The third-order valence-corrected chi connectivity index (χ3v) is 6.54. The number of fused-ring (bicyclic) bond motifs is 5. The van der Waals surface area contributed by atoms with Crippen molar-refractivity contribution in [3.63, 3.8) is 0 Å². The van der Waals surface area contributed by atoms with Crippen molar-refractivity contribution >= 4 is 29.3 Å². The van der Waals surface area contributed by atoms with Gasteiger partial charge in [0.1, 0.15) is 0 Å². The number of carbonyl (C=O) groups is 4. The smallest absolute Gasteiger partial charge is 0.338 e. The number of ether oxygens (including phenoxy) is 1. The Kier molecular flexibility index (Phi) is 4.58. The van der Waals surface area contributed by atoms with Gasteiger partial charge in [0.2, 0.25) is 17.6 Å². The van der Waals surface area contributed by atoms with Gasteiger partial charge in [-0.3, -0.25) is 19.3 Å². The molecule has 5 atom stereocenters. The molecule has 156 valence electrons. The number of amides is 2. The van der Waals surface area contributed by atoms with E-state index in [1.54, 1.807) is 42.5 Å². The van der Waals surface area contributed by atoms with E-state index in [2.05, 4.69) is 12.2 Å². The summed E-state index contributed by atoms with van der Waals surface area (Å²) in [5, 5.41) is 0. The average molecular weight is 415 g/mol. The maximum atomic E-state index is 12.9. The first kappa shape index (κ1) is 19.4. The molecular formula is C25H21NO5. The molecule has 2 fully saturated rings. The Balaban J connectivity index is 1.28. The first-order valence-corrected chi connectivity index (χ1v) is 10.4. The second-order valence-corrected chi connectivity index (χ2v) is 8.34. The molecule has 0 aromatic heterocycles. The van der Waals surface area contributed by atoms with E-state index in [4.69, 9.17) is 4.74 Å². The van der Waals surface area contributed by atoms with Crippen LogP contribution in [0.2, 0.25) is 0 Å². The topological polar surface area (TPSA) is 80.8 Å². The van der Waals surface area contributed by atoms with Gasteiger partial charge in [0.25, 0.3) is 0 Å². The Bertz CT molecular complexity index is 1070. The maximum Gasteiger partial charge on any atom is 0.338 e. The number of imide groups is 1. The second kappa shape index (κ2) is 7.30. The Morgan fingerprint density at radius 3 is 2.03 bits per heavy atom. The van der Waals surface area contributed by atoms with Gasteiger partial charge < -0.3 is 4.74 Å². The Hall–Kier alpha value is -3.54. The van der Waals surface area contributed by atoms with Gasteiger partial charge in [0.05, 0.1) is 23.1 Å². The fourth-order valence-electron chi connectivity index (χ4n) is 5.02. The molecule has 5 rings (SSSR count). The first-order chi connectivity index (χ1) is 15.0. The zero-order valence-electron chi connectivity index (χ0n) is 16.9. The van der Waals surface area contributed by atoms with Crippen molar-refractivity contribution in [2.75, 3.05) is 4.90 Å². The van der Waals surface area contributed by atoms with Crippen LogP contribution in [0.4, 0.5) is 5.69 Å². The fraction of sp³-hybridized carbons (Fsp3) is 0.280. The van der Waals surface area contributed by atoms with Crippen molar-refractivity contribution in [2.24, 2.45) is 23.7 Å². The molecule has 2 aromatic rings. The van der Waals surface area contributed by atoms with Crippen LogP contribution in [0.15, 0.2) is 66.7 Å². The molecule has 2 aliphatic carbocycles. The lowest BCUT2D eigenvalue weighted by molar-refractivity contribution is -0.123. The summed E-state index contributed by atoms with van der Waals surface area (Å²) in [7, 11) is 0. The monoisotopic (exact) mass is 415 g/mol. The number of carbonyl (C=O) groups excluding carboxylic acids is 4. The predicted molar refractivity (Wildman–Crippen MR) is 112 cm³/mol. The standard InChI is InChI=1S/C25H21NO5/c1-14(22(27)15-5-3-2-4-6-15)31-25(30)16-9-11-19(12-10-16)26-23(28)20-17-7-8-18(13-17)21(20)24(26)29/h2-12,14,17-18,20-21H,13H2,1H3/t14-,17-,18-,20-,21-/m0/s1. The van der Waals surface area contributed by atoms with E-state index in [0.717, 1.165) is 6.42 Å². The van der Waals surface area contributed by atoms with E-state index in [1.165, 1.54) is 24.0 Å². The van der Waals surface area contributed by atoms with Gasteiger partial charge in [0, 0.05) is 5.56 Å². The normalized spacial score (nSPS) is 26.8. The van der Waals surface area contributed by atoms with E-state index in [1.807, 2.05) is 0 Å². The third kappa shape index (κ3) is 3.10. The van der Waals surface area contributed by atoms with Gasteiger partial charge in [-0.1, -0.05) is 42.5 Å². The van der Waals surface area contributed by atoms with Crippen LogP contribution in [0.1, 0.15) is 34.1 Å². The van der Waals surface area contributed by atoms with Gasteiger partial charge in [-0.2, -0.15) is 0 Å². The van der Waals surface area contributed by atoms with E-state index >= 15 is 0 Å². The summed E-state index contributed by atoms with van der Waals surface area (Å²) in [5.74, 6) is -1.48. The number of ketones is 1. The van der Waals surface area contributed by atoms with Crippen LogP contribution >= 0.6 is 0 Å². The van der Waals surface area contributed by atoms with Gasteiger partial charge in [0.15, 0.2) is 6.10 Å². The first-order valence-electron chi connectivity index (χ1n) is 10.4. The highest BCUT2D eigenvalue weighted by Gasteiger charge is 2.59. The minimum Gasteiger partial charge on any atom is -0.451 e. The molecule has 2 amide bonds. The van der Waals surface area contributed by atoms with Crippen LogP contribution in [0.3, 0.4) is 0 Å². The van der Waals surface area contributed by atoms with Crippen molar-refractivity contribution in [1.29, 1.82) is 0 Å². The molecule has 2 aromatic carbocycles. The number of hydrogen-bond acceptors (Lipinski definition) is 5. The van der Waals surface area contributed by atoms with Gasteiger partial charge in [-0.25, -0.2) is 4.79 Å². The highest BCUT2D eigenvalue weighted by molar-refractivity contribution is 6.22. The number of nitrogens with zero attached hydrogens (tertiary/aromatic N) is 1. The lowest BCUT2D eigenvalue weighted by Crippen LogP contribution is -2.32. The van der Waals surface area contributed by atoms with Gasteiger partial charge in [-0.05, 0) is 49.4 Å². The number of allylic oxidation sites excluding steroid dienone is 2. The Morgan fingerprint density at radius 1 is 0.871 bits per heavy atom. The molecule has 6 nitrogen and oxygen atoms in total. The maximum absolute atomic E-state index is 12.9. The largest absolute Gasteiger partial charge is 0.451 e. The van der Waals surface area contributed by atoms with Crippen molar-refractivity contribution in [3.8, 4) is 0 Å². The van der Waals surface area contributed by atoms with Crippen LogP contribution in [-0.4, -0.2) is 29.7 Å². The number of Topliss-reactive ketones (excluding diaryl/α,β-unsaturated/α-hetero) is 1. The molecule has 1 heterocycles. The molecule has 31 heavy (non-hydrogen) atoms. The molecule has 3 aliphatic rings. The van der Waals surface area contributed by atoms with E-state index in [-0.39, 0.29) is 46.8 Å². The summed E-state index contributed by atoms with van der Waals surface area (Å²) in [5.41, 5.74) is 1.17. The minimum atomic E-state index is -0.932. The van der Waals surface area contributed by atoms with E-state index in [9.17, 15) is 19.2 Å². The number of rotatable bonds is 5. The van der Waals surface area contributed by atoms with Crippen LogP contribution < -0.4 is 4.90 Å². The average Bonchev–Trinajstić information content (AvgIpc) is 3.47. The molecule has 0 radical (unpaired) electrons. The summed E-state index contributed by atoms with van der Waals surface area (Å²) in [6, 6.07) is 14.8. The van der Waals surface area contributed by atoms with Gasteiger partial charge >= 0.3 is 5.97 Å². The summed E-state index contributed by atoms with van der Waals surface area (Å²) in [6.45, 7) is 1.53. The van der Waals surface area contributed by atoms with Crippen LogP contribution in [0.25, 0.3) is 0 Å². The zero-order valence-corrected chi connectivity index (χ0v) is 16.9. The van der Waals surface area contributed by atoms with Crippen LogP contribution in [0, 0.1) is 23.7 Å². The summed E-state index contributed by atoms with van der Waals surface area (Å²) in [6.07, 6.45) is 4.05. The fourth-order valence-corrected chi connectivity index (χ4v) is 5.02. The molecule has 0 N–H and O–H groups in total. The van der Waals surface area contributed by atoms with E-state index in [0.29, 0.717) is 11.3 Å². The van der Waals surface area contributed by atoms with Crippen molar-refractivity contribution < 1.29 is 23.9 Å². The Labute approximate surface area is 179 Å². The molecule has 6 heteroatoms. The lowest BCUT2D eigenvalue weighted by Gasteiger charge is -2.18.